The molecule has 1 saturated carbocycles. The van der Waals surface area contributed by atoms with Crippen LogP contribution in [0, 0.1) is 5.92 Å². The quantitative estimate of drug-likeness (QED) is 0.761. The van der Waals surface area contributed by atoms with E-state index < -0.39 is 0 Å². The molecular formula is C12H24N2O. The minimum atomic E-state index is 0.583. The van der Waals surface area contributed by atoms with E-state index in [0.29, 0.717) is 12.1 Å². The van der Waals surface area contributed by atoms with Crippen molar-refractivity contribution in [2.75, 3.05) is 26.8 Å². The van der Waals surface area contributed by atoms with E-state index in [1.807, 2.05) is 0 Å². The first-order valence-electron chi connectivity index (χ1n) is 6.32. The topological polar surface area (TPSA) is 38.5 Å². The Bertz CT molecular complexity index is 186. The number of hydrogen-bond donors (Lipinski definition) is 1. The summed E-state index contributed by atoms with van der Waals surface area (Å²) >= 11 is 0. The number of nitrogens with zero attached hydrogens (tertiary/aromatic N) is 1. The smallest absolute Gasteiger partial charge is 0.0622 e. The molecule has 1 saturated heterocycles. The van der Waals surface area contributed by atoms with E-state index in [0.717, 1.165) is 25.7 Å². The molecule has 1 aliphatic carbocycles. The zero-order valence-electron chi connectivity index (χ0n) is 9.82. The lowest BCUT2D eigenvalue weighted by molar-refractivity contribution is 0.107. The van der Waals surface area contributed by atoms with Gasteiger partial charge in [0.2, 0.25) is 0 Å². The van der Waals surface area contributed by atoms with Gasteiger partial charge in [-0.05, 0) is 32.2 Å². The van der Waals surface area contributed by atoms with Crippen LogP contribution in [0.5, 0.6) is 0 Å². The molecule has 2 N–H and O–H groups in total. The highest BCUT2D eigenvalue weighted by Gasteiger charge is 2.31. The maximum absolute atomic E-state index is 5.94. The lowest BCUT2D eigenvalue weighted by atomic mass is 9.95. The van der Waals surface area contributed by atoms with Crippen molar-refractivity contribution in [3.63, 3.8) is 0 Å². The molecule has 0 amide bonds. The Labute approximate surface area is 93.0 Å². The lowest BCUT2D eigenvalue weighted by Gasteiger charge is -2.35. The standard InChI is InChI=1S/C12H24N2O/c1-14(11-6-7-15-9-11)12(8-13)10-4-2-3-5-10/h10-12H,2-9,13H2,1H3. The second kappa shape index (κ2) is 5.28. The summed E-state index contributed by atoms with van der Waals surface area (Å²) in [4.78, 5) is 2.49. The molecule has 0 bridgehead atoms. The van der Waals surface area contributed by atoms with Crippen LogP contribution < -0.4 is 5.73 Å². The summed E-state index contributed by atoms with van der Waals surface area (Å²) in [7, 11) is 2.23. The van der Waals surface area contributed by atoms with E-state index in [2.05, 4.69) is 11.9 Å². The summed E-state index contributed by atoms with van der Waals surface area (Å²) in [6.07, 6.45) is 6.73. The highest BCUT2D eigenvalue weighted by Crippen LogP contribution is 2.31. The molecule has 3 nitrogen and oxygen atoms in total. The van der Waals surface area contributed by atoms with Crippen LogP contribution in [0.4, 0.5) is 0 Å². The lowest BCUT2D eigenvalue weighted by Crippen LogP contribution is -2.48. The largest absolute Gasteiger partial charge is 0.380 e. The predicted molar refractivity (Wildman–Crippen MR) is 61.8 cm³/mol. The number of ether oxygens (including phenoxy) is 1. The number of nitrogens with two attached hydrogens (primary N) is 1. The van der Waals surface area contributed by atoms with Crippen molar-refractivity contribution in [2.24, 2.45) is 11.7 Å². The van der Waals surface area contributed by atoms with Gasteiger partial charge in [0.1, 0.15) is 0 Å². The maximum Gasteiger partial charge on any atom is 0.0622 e. The van der Waals surface area contributed by atoms with E-state index in [9.17, 15) is 0 Å². The molecule has 2 unspecified atom stereocenters. The molecule has 0 spiro atoms. The molecule has 2 fully saturated rings. The Morgan fingerprint density at radius 1 is 1.33 bits per heavy atom. The van der Waals surface area contributed by atoms with Gasteiger partial charge in [0.05, 0.1) is 6.61 Å². The molecule has 2 aliphatic rings. The molecular weight excluding hydrogens is 188 g/mol. The third-order valence-corrected chi connectivity index (χ3v) is 4.19. The molecule has 2 rings (SSSR count). The summed E-state index contributed by atoms with van der Waals surface area (Å²) in [5.41, 5.74) is 5.94. The normalized spacial score (nSPS) is 30.2. The SMILES string of the molecule is CN(C1CCOC1)C(CN)C1CCCC1. The van der Waals surface area contributed by atoms with Crippen molar-refractivity contribution in [1.82, 2.24) is 4.90 Å². The molecule has 3 heteroatoms. The van der Waals surface area contributed by atoms with Crippen molar-refractivity contribution < 1.29 is 4.74 Å². The Hall–Kier alpha value is -0.120. The van der Waals surface area contributed by atoms with Gasteiger partial charge in [-0.25, -0.2) is 0 Å². The average Bonchev–Trinajstić information content (AvgIpc) is 2.91. The summed E-state index contributed by atoms with van der Waals surface area (Å²) in [5.74, 6) is 0.834. The number of hydrogen-bond acceptors (Lipinski definition) is 3. The fraction of sp³-hybridized carbons (Fsp3) is 1.00. The minimum absolute atomic E-state index is 0.583. The summed E-state index contributed by atoms with van der Waals surface area (Å²) in [5, 5.41) is 0. The van der Waals surface area contributed by atoms with Crippen molar-refractivity contribution in [3.8, 4) is 0 Å². The molecule has 88 valence electrons. The van der Waals surface area contributed by atoms with Crippen LogP contribution in [0.3, 0.4) is 0 Å². The molecule has 0 aromatic carbocycles. The molecule has 15 heavy (non-hydrogen) atoms. The predicted octanol–water partition coefficient (Wildman–Crippen LogP) is 1.22. The first-order chi connectivity index (χ1) is 7.33. The van der Waals surface area contributed by atoms with Gasteiger partial charge in [0.25, 0.3) is 0 Å². The Kier molecular flexibility index (Phi) is 4.00. The second-order valence-electron chi connectivity index (χ2n) is 5.03. The van der Waals surface area contributed by atoms with E-state index >= 15 is 0 Å². The third kappa shape index (κ3) is 2.52. The van der Waals surface area contributed by atoms with Gasteiger partial charge >= 0.3 is 0 Å². The maximum atomic E-state index is 5.94. The van der Waals surface area contributed by atoms with Crippen LogP contribution in [0.1, 0.15) is 32.1 Å². The third-order valence-electron chi connectivity index (χ3n) is 4.19. The van der Waals surface area contributed by atoms with E-state index in [-0.39, 0.29) is 0 Å². The van der Waals surface area contributed by atoms with Gasteiger partial charge in [-0.2, -0.15) is 0 Å². The fourth-order valence-corrected chi connectivity index (χ4v) is 3.15. The zero-order chi connectivity index (χ0) is 10.7. The first-order valence-corrected chi connectivity index (χ1v) is 6.32. The van der Waals surface area contributed by atoms with Crippen molar-refractivity contribution in [3.05, 3.63) is 0 Å². The van der Waals surface area contributed by atoms with Crippen molar-refractivity contribution in [2.45, 2.75) is 44.2 Å². The molecule has 0 radical (unpaired) electrons. The van der Waals surface area contributed by atoms with Crippen LogP contribution in [-0.2, 0) is 4.74 Å². The van der Waals surface area contributed by atoms with Crippen LogP contribution >= 0.6 is 0 Å². The molecule has 1 aliphatic heterocycles. The van der Waals surface area contributed by atoms with Gasteiger partial charge in [0, 0.05) is 25.2 Å². The van der Waals surface area contributed by atoms with Gasteiger partial charge in [-0.3, -0.25) is 4.90 Å². The van der Waals surface area contributed by atoms with Crippen molar-refractivity contribution in [1.29, 1.82) is 0 Å². The van der Waals surface area contributed by atoms with Crippen molar-refractivity contribution >= 4 is 0 Å². The fourth-order valence-electron chi connectivity index (χ4n) is 3.15. The molecule has 1 heterocycles. The summed E-state index contributed by atoms with van der Waals surface area (Å²) in [6.45, 7) is 2.63. The Morgan fingerprint density at radius 2 is 2.07 bits per heavy atom. The summed E-state index contributed by atoms with van der Waals surface area (Å²) < 4.78 is 5.45. The summed E-state index contributed by atoms with van der Waals surface area (Å²) in [6, 6.07) is 1.19. The van der Waals surface area contributed by atoms with E-state index in [1.54, 1.807) is 0 Å². The highest BCUT2D eigenvalue weighted by atomic mass is 16.5. The Morgan fingerprint density at radius 3 is 2.60 bits per heavy atom. The van der Waals surface area contributed by atoms with Crippen LogP contribution in [0.2, 0.25) is 0 Å². The monoisotopic (exact) mass is 212 g/mol. The number of rotatable bonds is 4. The van der Waals surface area contributed by atoms with E-state index in [1.165, 1.54) is 32.1 Å². The number of likely N-dealkylation sites (N-methyl/N-ethyl adjacent to an activating group) is 1. The Balaban J connectivity index is 1.91. The van der Waals surface area contributed by atoms with Gasteiger partial charge in [-0.15, -0.1) is 0 Å². The van der Waals surface area contributed by atoms with Crippen LogP contribution in [-0.4, -0.2) is 43.8 Å². The highest BCUT2D eigenvalue weighted by molar-refractivity contribution is 4.86. The minimum Gasteiger partial charge on any atom is -0.380 e. The van der Waals surface area contributed by atoms with E-state index in [4.69, 9.17) is 10.5 Å². The molecule has 0 aromatic heterocycles. The first kappa shape index (κ1) is 11.4. The van der Waals surface area contributed by atoms with Gasteiger partial charge in [-0.1, -0.05) is 12.8 Å². The van der Waals surface area contributed by atoms with Crippen LogP contribution in [0.15, 0.2) is 0 Å². The van der Waals surface area contributed by atoms with Gasteiger partial charge in [0.15, 0.2) is 0 Å². The zero-order valence-corrected chi connectivity index (χ0v) is 9.82. The molecule has 2 atom stereocenters. The van der Waals surface area contributed by atoms with Gasteiger partial charge < -0.3 is 10.5 Å². The second-order valence-corrected chi connectivity index (χ2v) is 5.03. The molecule has 0 aromatic rings. The average molecular weight is 212 g/mol. The van der Waals surface area contributed by atoms with Crippen LogP contribution in [0.25, 0.3) is 0 Å².